The standard InChI is InChI=1S/C20H26N4O4/c1-2-14-11-16(28-23-14)12-21-18(25)13-24-10-6-9-17(20(24)27)19(26)22-15-7-4-3-5-8-15/h6,9-11,15H,2-5,7-8,12-13H2,1H3,(H,21,25)(H,22,26). The lowest BCUT2D eigenvalue weighted by atomic mass is 9.95. The number of nitrogens with one attached hydrogen (secondary N) is 2. The molecule has 1 saturated carbocycles. The molecule has 0 bridgehead atoms. The number of aryl methyl sites for hydroxylation is 1. The number of amides is 2. The van der Waals surface area contributed by atoms with E-state index < -0.39 is 5.56 Å². The first-order valence-electron chi connectivity index (χ1n) is 9.78. The summed E-state index contributed by atoms with van der Waals surface area (Å²) < 4.78 is 6.36. The highest BCUT2D eigenvalue weighted by Gasteiger charge is 2.19. The summed E-state index contributed by atoms with van der Waals surface area (Å²) in [5.74, 6) is -0.167. The van der Waals surface area contributed by atoms with Crippen LogP contribution in [0.5, 0.6) is 0 Å². The summed E-state index contributed by atoms with van der Waals surface area (Å²) in [6, 6.07) is 5.00. The molecule has 3 rings (SSSR count). The number of pyridine rings is 1. The minimum absolute atomic E-state index is 0.0590. The van der Waals surface area contributed by atoms with Crippen LogP contribution < -0.4 is 16.2 Å². The van der Waals surface area contributed by atoms with E-state index in [1.807, 2.05) is 6.92 Å². The largest absolute Gasteiger partial charge is 0.359 e. The van der Waals surface area contributed by atoms with E-state index in [-0.39, 0.29) is 36.5 Å². The number of rotatable bonds is 7. The van der Waals surface area contributed by atoms with Crippen molar-refractivity contribution in [2.75, 3.05) is 0 Å². The molecule has 0 aliphatic heterocycles. The third-order valence-corrected chi connectivity index (χ3v) is 4.95. The van der Waals surface area contributed by atoms with Gasteiger partial charge in [0, 0.05) is 18.3 Å². The van der Waals surface area contributed by atoms with Gasteiger partial charge in [-0.1, -0.05) is 31.3 Å². The summed E-state index contributed by atoms with van der Waals surface area (Å²) in [5.41, 5.74) is 0.403. The van der Waals surface area contributed by atoms with Crippen molar-refractivity contribution in [3.05, 3.63) is 51.8 Å². The van der Waals surface area contributed by atoms with Crippen molar-refractivity contribution in [1.29, 1.82) is 0 Å². The molecule has 2 amide bonds. The van der Waals surface area contributed by atoms with Gasteiger partial charge in [-0.05, 0) is 31.4 Å². The van der Waals surface area contributed by atoms with Crippen LogP contribution in [0.2, 0.25) is 0 Å². The van der Waals surface area contributed by atoms with Crippen molar-refractivity contribution < 1.29 is 14.1 Å². The second-order valence-electron chi connectivity index (χ2n) is 7.08. The average molecular weight is 386 g/mol. The van der Waals surface area contributed by atoms with Gasteiger partial charge in [0.2, 0.25) is 5.91 Å². The molecule has 1 aliphatic carbocycles. The van der Waals surface area contributed by atoms with Crippen LogP contribution in [-0.4, -0.2) is 27.6 Å². The first-order chi connectivity index (χ1) is 13.6. The zero-order valence-electron chi connectivity index (χ0n) is 16.1. The van der Waals surface area contributed by atoms with Gasteiger partial charge in [-0.2, -0.15) is 0 Å². The van der Waals surface area contributed by atoms with Crippen molar-refractivity contribution in [2.24, 2.45) is 0 Å². The third-order valence-electron chi connectivity index (χ3n) is 4.95. The van der Waals surface area contributed by atoms with Crippen LogP contribution in [-0.2, 0) is 24.3 Å². The lowest BCUT2D eigenvalue weighted by molar-refractivity contribution is -0.122. The quantitative estimate of drug-likeness (QED) is 0.754. The van der Waals surface area contributed by atoms with Crippen molar-refractivity contribution in [2.45, 2.75) is 64.6 Å². The number of aromatic nitrogens is 2. The second-order valence-corrected chi connectivity index (χ2v) is 7.08. The molecule has 150 valence electrons. The van der Waals surface area contributed by atoms with E-state index in [0.717, 1.165) is 37.8 Å². The zero-order valence-corrected chi connectivity index (χ0v) is 16.1. The lowest BCUT2D eigenvalue weighted by Gasteiger charge is -2.22. The molecule has 1 fully saturated rings. The summed E-state index contributed by atoms with van der Waals surface area (Å²) in [7, 11) is 0. The molecule has 8 nitrogen and oxygen atoms in total. The Morgan fingerprint density at radius 3 is 2.79 bits per heavy atom. The Labute approximate surface area is 163 Å². The van der Waals surface area contributed by atoms with Gasteiger partial charge in [-0.3, -0.25) is 14.4 Å². The van der Waals surface area contributed by atoms with Crippen molar-refractivity contribution in [1.82, 2.24) is 20.4 Å². The molecule has 1 aliphatic rings. The predicted molar refractivity (Wildman–Crippen MR) is 103 cm³/mol. The van der Waals surface area contributed by atoms with Crippen LogP contribution in [0.15, 0.2) is 33.7 Å². The highest BCUT2D eigenvalue weighted by atomic mass is 16.5. The fourth-order valence-electron chi connectivity index (χ4n) is 3.35. The number of carbonyl (C=O) groups is 2. The molecule has 2 heterocycles. The Bertz CT molecular complexity index is 880. The van der Waals surface area contributed by atoms with Crippen LogP contribution in [0.4, 0.5) is 0 Å². The zero-order chi connectivity index (χ0) is 19.9. The average Bonchev–Trinajstić information content (AvgIpc) is 3.17. The summed E-state index contributed by atoms with van der Waals surface area (Å²) >= 11 is 0. The van der Waals surface area contributed by atoms with E-state index in [1.165, 1.54) is 23.3 Å². The van der Waals surface area contributed by atoms with Crippen molar-refractivity contribution >= 4 is 11.8 Å². The molecule has 2 aromatic rings. The number of hydrogen-bond donors (Lipinski definition) is 2. The molecule has 0 saturated heterocycles. The van der Waals surface area contributed by atoms with Gasteiger partial charge in [0.1, 0.15) is 12.1 Å². The summed E-state index contributed by atoms with van der Waals surface area (Å²) in [5, 5.41) is 9.50. The maximum absolute atomic E-state index is 12.6. The summed E-state index contributed by atoms with van der Waals surface area (Å²) in [6.07, 6.45) is 7.51. The summed E-state index contributed by atoms with van der Waals surface area (Å²) in [6.45, 7) is 1.99. The van der Waals surface area contributed by atoms with Gasteiger partial charge >= 0.3 is 0 Å². The lowest BCUT2D eigenvalue weighted by Crippen LogP contribution is -2.40. The number of carbonyl (C=O) groups excluding carboxylic acids is 2. The predicted octanol–water partition coefficient (Wildman–Crippen LogP) is 1.78. The van der Waals surface area contributed by atoms with E-state index in [2.05, 4.69) is 15.8 Å². The number of hydrogen-bond acceptors (Lipinski definition) is 5. The Hall–Kier alpha value is -2.90. The number of nitrogens with zero attached hydrogens (tertiary/aromatic N) is 2. The van der Waals surface area contributed by atoms with E-state index in [1.54, 1.807) is 12.1 Å². The van der Waals surface area contributed by atoms with Crippen LogP contribution >= 0.6 is 0 Å². The highest BCUT2D eigenvalue weighted by molar-refractivity contribution is 5.94. The molecule has 0 aromatic carbocycles. The topological polar surface area (TPSA) is 106 Å². The van der Waals surface area contributed by atoms with Gasteiger partial charge in [-0.25, -0.2) is 0 Å². The molecule has 0 radical (unpaired) electrons. The third kappa shape index (κ3) is 5.09. The van der Waals surface area contributed by atoms with Crippen molar-refractivity contribution in [3.8, 4) is 0 Å². The minimum Gasteiger partial charge on any atom is -0.359 e. The normalized spacial score (nSPS) is 14.6. The molecule has 0 unspecified atom stereocenters. The van der Waals surface area contributed by atoms with E-state index in [4.69, 9.17) is 4.52 Å². The molecule has 2 N–H and O–H groups in total. The monoisotopic (exact) mass is 386 g/mol. The molecular formula is C20H26N4O4. The first-order valence-corrected chi connectivity index (χ1v) is 9.78. The fourth-order valence-corrected chi connectivity index (χ4v) is 3.35. The summed E-state index contributed by atoms with van der Waals surface area (Å²) in [4.78, 5) is 37.2. The Morgan fingerprint density at radius 1 is 1.29 bits per heavy atom. The van der Waals surface area contributed by atoms with Gasteiger partial charge in [0.05, 0.1) is 12.2 Å². The molecular weight excluding hydrogens is 360 g/mol. The Kier molecular flexibility index (Phi) is 6.62. The SMILES string of the molecule is CCc1cc(CNC(=O)Cn2cccc(C(=O)NC3CCCCC3)c2=O)on1. The molecule has 8 heteroatoms. The molecule has 28 heavy (non-hydrogen) atoms. The van der Waals surface area contributed by atoms with Gasteiger partial charge in [-0.15, -0.1) is 0 Å². The van der Waals surface area contributed by atoms with Crippen LogP contribution in [0.3, 0.4) is 0 Å². The van der Waals surface area contributed by atoms with Crippen LogP contribution in [0.25, 0.3) is 0 Å². The molecule has 0 spiro atoms. The Balaban J connectivity index is 1.59. The van der Waals surface area contributed by atoms with Crippen molar-refractivity contribution in [3.63, 3.8) is 0 Å². The van der Waals surface area contributed by atoms with E-state index in [0.29, 0.717) is 5.76 Å². The maximum atomic E-state index is 12.6. The van der Waals surface area contributed by atoms with Gasteiger partial charge in [0.25, 0.3) is 11.5 Å². The highest BCUT2D eigenvalue weighted by Crippen LogP contribution is 2.17. The van der Waals surface area contributed by atoms with E-state index >= 15 is 0 Å². The first kappa shape index (κ1) is 19.9. The fraction of sp³-hybridized carbons (Fsp3) is 0.500. The Morgan fingerprint density at radius 2 is 2.07 bits per heavy atom. The van der Waals surface area contributed by atoms with Gasteiger partial charge in [0.15, 0.2) is 5.76 Å². The van der Waals surface area contributed by atoms with Crippen LogP contribution in [0.1, 0.15) is 60.8 Å². The van der Waals surface area contributed by atoms with Crippen LogP contribution in [0, 0.1) is 0 Å². The second kappa shape index (κ2) is 9.34. The smallest absolute Gasteiger partial charge is 0.263 e. The maximum Gasteiger partial charge on any atom is 0.263 e. The van der Waals surface area contributed by atoms with Gasteiger partial charge < -0.3 is 19.7 Å². The molecule has 0 atom stereocenters. The van der Waals surface area contributed by atoms with E-state index in [9.17, 15) is 14.4 Å². The molecule has 2 aromatic heterocycles. The minimum atomic E-state index is -0.473.